The fourth-order valence-corrected chi connectivity index (χ4v) is 3.87. The molecule has 0 spiro atoms. The minimum absolute atomic E-state index is 1.19. The minimum atomic E-state index is 1.19. The van der Waals surface area contributed by atoms with Crippen LogP contribution in [0.5, 0.6) is 0 Å². The number of hydrogen-bond acceptors (Lipinski definition) is 0. The van der Waals surface area contributed by atoms with E-state index in [9.17, 15) is 0 Å². The molecule has 0 radical (unpaired) electrons. The Kier molecular flexibility index (Phi) is 16.6. The van der Waals surface area contributed by atoms with Gasteiger partial charge in [-0.15, -0.1) is 0 Å². The van der Waals surface area contributed by atoms with Crippen LogP contribution in [0.4, 0.5) is 0 Å². The van der Waals surface area contributed by atoms with E-state index in [2.05, 4.69) is 42.9 Å². The Balaban J connectivity index is 1.94. The number of aromatic nitrogens is 1. The van der Waals surface area contributed by atoms with Gasteiger partial charge in [0.1, 0.15) is 6.54 Å². The van der Waals surface area contributed by atoms with E-state index in [0.29, 0.717) is 0 Å². The molecule has 156 valence electrons. The zero-order chi connectivity index (χ0) is 19.4. The lowest BCUT2D eigenvalue weighted by Gasteiger charge is -2.03. The monoisotopic (exact) mass is 374 g/mol. The molecule has 1 rings (SSSR count). The van der Waals surface area contributed by atoms with E-state index in [1.807, 2.05) is 0 Å². The highest BCUT2D eigenvalue weighted by atomic mass is 14.9. The highest BCUT2D eigenvalue weighted by Crippen LogP contribution is 2.11. The van der Waals surface area contributed by atoms with E-state index in [4.69, 9.17) is 0 Å². The van der Waals surface area contributed by atoms with Gasteiger partial charge in [0.25, 0.3) is 0 Å². The van der Waals surface area contributed by atoms with Gasteiger partial charge < -0.3 is 0 Å². The summed E-state index contributed by atoms with van der Waals surface area (Å²) in [6.45, 7) is 5.77. The molecule has 0 saturated heterocycles. The first-order valence-electron chi connectivity index (χ1n) is 12.3. The molecule has 1 heterocycles. The van der Waals surface area contributed by atoms with Crippen LogP contribution in [0.2, 0.25) is 0 Å². The lowest BCUT2D eigenvalue weighted by atomic mass is 10.1. The molecule has 0 atom stereocenters. The number of pyridine rings is 1. The molecular weight excluding hydrogens is 326 g/mol. The van der Waals surface area contributed by atoms with E-state index >= 15 is 0 Å². The van der Waals surface area contributed by atoms with Gasteiger partial charge >= 0.3 is 0 Å². The molecule has 0 fully saturated rings. The Labute approximate surface area is 171 Å². The van der Waals surface area contributed by atoms with E-state index in [1.54, 1.807) is 0 Å². The predicted molar refractivity (Wildman–Crippen MR) is 120 cm³/mol. The third-order valence-corrected chi connectivity index (χ3v) is 5.80. The summed E-state index contributed by atoms with van der Waals surface area (Å²) in [5, 5.41) is 0. The van der Waals surface area contributed by atoms with Crippen LogP contribution in [0, 0.1) is 0 Å². The first-order chi connectivity index (χ1) is 13.4. The van der Waals surface area contributed by atoms with Crippen molar-refractivity contribution >= 4 is 0 Å². The Bertz CT molecular complexity index is 409. The normalized spacial score (nSPS) is 11.2. The van der Waals surface area contributed by atoms with Crippen molar-refractivity contribution in [2.75, 3.05) is 0 Å². The van der Waals surface area contributed by atoms with Gasteiger partial charge in [-0.25, -0.2) is 4.57 Å². The van der Waals surface area contributed by atoms with E-state index in [0.717, 1.165) is 0 Å². The standard InChI is InChI=1S/C26H48N/c1-3-5-7-9-11-12-13-14-15-17-19-23-27-24-21-26(22-25-27)20-18-16-10-8-6-4-2/h21-22,24-25H,3-20,23H2,1-2H3/q+1. The maximum Gasteiger partial charge on any atom is 0.169 e. The van der Waals surface area contributed by atoms with Crippen molar-refractivity contribution in [3.05, 3.63) is 30.1 Å². The molecule has 0 aliphatic carbocycles. The summed E-state index contributed by atoms with van der Waals surface area (Å²) >= 11 is 0. The van der Waals surface area contributed by atoms with Crippen LogP contribution in [-0.2, 0) is 13.0 Å². The van der Waals surface area contributed by atoms with Crippen molar-refractivity contribution in [3.63, 3.8) is 0 Å². The fraction of sp³-hybridized carbons (Fsp3) is 0.808. The number of unbranched alkanes of at least 4 members (excludes halogenated alkanes) is 15. The van der Waals surface area contributed by atoms with Gasteiger partial charge in [0.2, 0.25) is 0 Å². The molecule has 0 aliphatic heterocycles. The van der Waals surface area contributed by atoms with Gasteiger partial charge in [-0.1, -0.05) is 104 Å². The summed E-state index contributed by atoms with van der Waals surface area (Å²) in [6.07, 6.45) is 29.8. The van der Waals surface area contributed by atoms with Gasteiger partial charge in [-0.3, -0.25) is 0 Å². The van der Waals surface area contributed by atoms with E-state index in [1.165, 1.54) is 128 Å². The van der Waals surface area contributed by atoms with Crippen molar-refractivity contribution in [2.45, 2.75) is 136 Å². The minimum Gasteiger partial charge on any atom is -0.205 e. The Morgan fingerprint density at radius 2 is 0.926 bits per heavy atom. The van der Waals surface area contributed by atoms with Crippen molar-refractivity contribution in [1.29, 1.82) is 0 Å². The van der Waals surface area contributed by atoms with Crippen LogP contribution in [-0.4, -0.2) is 0 Å². The lowest BCUT2D eigenvalue weighted by molar-refractivity contribution is -0.697. The summed E-state index contributed by atoms with van der Waals surface area (Å²) in [5.41, 5.74) is 1.51. The highest BCUT2D eigenvalue weighted by Gasteiger charge is 2.01. The summed E-state index contributed by atoms with van der Waals surface area (Å²) in [7, 11) is 0. The lowest BCUT2D eigenvalue weighted by Crippen LogP contribution is -2.32. The summed E-state index contributed by atoms with van der Waals surface area (Å²) < 4.78 is 2.37. The highest BCUT2D eigenvalue weighted by molar-refractivity contribution is 5.07. The van der Waals surface area contributed by atoms with Crippen LogP contribution in [0.3, 0.4) is 0 Å². The molecule has 0 saturated carbocycles. The first-order valence-corrected chi connectivity index (χ1v) is 12.3. The third kappa shape index (κ3) is 14.8. The van der Waals surface area contributed by atoms with Gasteiger partial charge in [0, 0.05) is 18.6 Å². The molecule has 0 unspecified atom stereocenters. The third-order valence-electron chi connectivity index (χ3n) is 5.80. The Hall–Kier alpha value is -0.850. The summed E-state index contributed by atoms with van der Waals surface area (Å²) in [5.74, 6) is 0. The fourth-order valence-electron chi connectivity index (χ4n) is 3.87. The number of hydrogen-bond donors (Lipinski definition) is 0. The Morgan fingerprint density at radius 1 is 0.519 bits per heavy atom. The SMILES string of the molecule is CCCCCCCCCCCCC[n+]1ccc(CCCCCCCC)cc1. The van der Waals surface area contributed by atoms with E-state index < -0.39 is 0 Å². The van der Waals surface area contributed by atoms with Crippen LogP contribution < -0.4 is 4.57 Å². The average molecular weight is 375 g/mol. The molecule has 0 N–H and O–H groups in total. The second kappa shape index (κ2) is 18.5. The van der Waals surface area contributed by atoms with Gasteiger partial charge in [0.15, 0.2) is 12.4 Å². The molecule has 0 amide bonds. The van der Waals surface area contributed by atoms with E-state index in [-0.39, 0.29) is 0 Å². The first kappa shape index (κ1) is 24.2. The topological polar surface area (TPSA) is 3.88 Å². The second-order valence-electron chi connectivity index (χ2n) is 8.50. The molecular formula is C26H48N+. The molecule has 0 bridgehead atoms. The largest absolute Gasteiger partial charge is 0.205 e. The molecule has 1 aromatic rings. The predicted octanol–water partition coefficient (Wildman–Crippen LogP) is 8.19. The molecule has 0 aliphatic rings. The van der Waals surface area contributed by atoms with Crippen LogP contribution >= 0.6 is 0 Å². The van der Waals surface area contributed by atoms with Crippen LogP contribution in [0.15, 0.2) is 24.5 Å². The van der Waals surface area contributed by atoms with Gasteiger partial charge in [-0.05, 0) is 24.8 Å². The van der Waals surface area contributed by atoms with Crippen molar-refractivity contribution in [1.82, 2.24) is 0 Å². The van der Waals surface area contributed by atoms with Crippen molar-refractivity contribution in [3.8, 4) is 0 Å². The summed E-state index contributed by atoms with van der Waals surface area (Å²) in [4.78, 5) is 0. The molecule has 1 nitrogen and oxygen atoms in total. The van der Waals surface area contributed by atoms with Crippen LogP contribution in [0.1, 0.15) is 129 Å². The summed E-state index contributed by atoms with van der Waals surface area (Å²) in [6, 6.07) is 4.68. The number of aryl methyl sites for hydroxylation is 2. The second-order valence-corrected chi connectivity index (χ2v) is 8.50. The maximum absolute atomic E-state index is 2.37. The van der Waals surface area contributed by atoms with Crippen molar-refractivity contribution < 1.29 is 4.57 Å². The van der Waals surface area contributed by atoms with Crippen LogP contribution in [0.25, 0.3) is 0 Å². The number of nitrogens with zero attached hydrogens (tertiary/aromatic N) is 1. The molecule has 1 heteroatoms. The molecule has 27 heavy (non-hydrogen) atoms. The van der Waals surface area contributed by atoms with Gasteiger partial charge in [-0.2, -0.15) is 0 Å². The number of rotatable bonds is 19. The molecule has 0 aromatic carbocycles. The van der Waals surface area contributed by atoms with Gasteiger partial charge in [0.05, 0.1) is 0 Å². The maximum atomic E-state index is 2.37. The zero-order valence-corrected chi connectivity index (χ0v) is 18.7. The van der Waals surface area contributed by atoms with Crippen molar-refractivity contribution in [2.24, 2.45) is 0 Å². The Morgan fingerprint density at radius 3 is 1.41 bits per heavy atom. The smallest absolute Gasteiger partial charge is 0.169 e. The average Bonchev–Trinajstić information content (AvgIpc) is 2.70. The molecule has 1 aromatic heterocycles. The zero-order valence-electron chi connectivity index (χ0n) is 18.7. The quantitative estimate of drug-likeness (QED) is 0.170.